The molecule has 106 valence electrons. The van der Waals surface area contributed by atoms with E-state index >= 15 is 0 Å². The van der Waals surface area contributed by atoms with Crippen molar-refractivity contribution < 1.29 is 4.39 Å². The Bertz CT molecular complexity index is 604. The first kappa shape index (κ1) is 14.7. The van der Waals surface area contributed by atoms with Gasteiger partial charge in [-0.2, -0.15) is 0 Å². The van der Waals surface area contributed by atoms with Gasteiger partial charge in [0.1, 0.15) is 23.8 Å². The first-order valence-corrected chi connectivity index (χ1v) is 7.24. The van der Waals surface area contributed by atoms with Crippen molar-refractivity contribution in [2.75, 3.05) is 17.2 Å². The molecular weight excluding hydrogens is 323 g/mol. The third kappa shape index (κ3) is 3.25. The first-order valence-electron chi connectivity index (χ1n) is 6.45. The molecule has 0 aliphatic rings. The minimum atomic E-state index is -0.297. The smallest absolute Gasteiger partial charge is 0.139 e. The molecule has 0 spiro atoms. The van der Waals surface area contributed by atoms with Gasteiger partial charge in [0.2, 0.25) is 0 Å². The van der Waals surface area contributed by atoms with E-state index in [1.165, 1.54) is 18.5 Å². The van der Waals surface area contributed by atoms with Crippen LogP contribution in [0.25, 0.3) is 0 Å². The standard InChI is InChI=1S/C14H16BrFN4/c1-3-10-13(17-4-2)18-8-19-14(10)20-12-7-9(16)5-6-11(12)15/h5-8H,3-4H2,1-2H3,(H2,17,18,19,20). The van der Waals surface area contributed by atoms with Gasteiger partial charge in [0.25, 0.3) is 0 Å². The molecular formula is C14H16BrFN4. The fourth-order valence-corrected chi connectivity index (χ4v) is 2.24. The Morgan fingerprint density at radius 3 is 2.65 bits per heavy atom. The highest BCUT2D eigenvalue weighted by Crippen LogP contribution is 2.29. The molecule has 0 bridgehead atoms. The Morgan fingerprint density at radius 1 is 1.20 bits per heavy atom. The van der Waals surface area contributed by atoms with Crippen molar-refractivity contribution in [3.63, 3.8) is 0 Å². The maximum absolute atomic E-state index is 13.3. The summed E-state index contributed by atoms with van der Waals surface area (Å²) in [4.78, 5) is 8.49. The fraction of sp³-hybridized carbons (Fsp3) is 0.286. The van der Waals surface area contributed by atoms with Crippen molar-refractivity contribution in [2.45, 2.75) is 20.3 Å². The highest BCUT2D eigenvalue weighted by Gasteiger charge is 2.11. The summed E-state index contributed by atoms with van der Waals surface area (Å²) in [6, 6.07) is 4.49. The zero-order valence-electron chi connectivity index (χ0n) is 11.4. The maximum Gasteiger partial charge on any atom is 0.139 e. The van der Waals surface area contributed by atoms with Gasteiger partial charge in [0.05, 0.1) is 5.69 Å². The van der Waals surface area contributed by atoms with Crippen molar-refractivity contribution in [2.24, 2.45) is 0 Å². The molecule has 1 aromatic carbocycles. The summed E-state index contributed by atoms with van der Waals surface area (Å²) in [5.74, 6) is 1.19. The molecule has 20 heavy (non-hydrogen) atoms. The summed E-state index contributed by atoms with van der Waals surface area (Å²) in [5, 5.41) is 6.36. The van der Waals surface area contributed by atoms with E-state index < -0.39 is 0 Å². The molecule has 2 N–H and O–H groups in total. The van der Waals surface area contributed by atoms with Crippen LogP contribution in [0.5, 0.6) is 0 Å². The molecule has 0 saturated heterocycles. The third-order valence-electron chi connectivity index (χ3n) is 2.82. The van der Waals surface area contributed by atoms with E-state index in [0.29, 0.717) is 11.5 Å². The van der Waals surface area contributed by atoms with Gasteiger partial charge in [-0.25, -0.2) is 14.4 Å². The summed E-state index contributed by atoms with van der Waals surface area (Å²) in [5.41, 5.74) is 1.62. The first-order chi connectivity index (χ1) is 9.65. The van der Waals surface area contributed by atoms with Crippen LogP contribution >= 0.6 is 15.9 Å². The predicted molar refractivity (Wildman–Crippen MR) is 83.0 cm³/mol. The van der Waals surface area contributed by atoms with Crippen molar-refractivity contribution >= 4 is 33.3 Å². The van der Waals surface area contributed by atoms with Gasteiger partial charge in [0.15, 0.2) is 0 Å². The van der Waals surface area contributed by atoms with E-state index in [-0.39, 0.29) is 5.82 Å². The van der Waals surface area contributed by atoms with Gasteiger partial charge in [-0.05, 0) is 47.5 Å². The largest absolute Gasteiger partial charge is 0.370 e. The topological polar surface area (TPSA) is 49.8 Å². The highest BCUT2D eigenvalue weighted by atomic mass is 79.9. The normalized spacial score (nSPS) is 10.4. The molecule has 4 nitrogen and oxygen atoms in total. The Morgan fingerprint density at radius 2 is 1.95 bits per heavy atom. The van der Waals surface area contributed by atoms with Crippen molar-refractivity contribution in [1.82, 2.24) is 9.97 Å². The second-order valence-corrected chi connectivity index (χ2v) is 5.04. The summed E-state index contributed by atoms with van der Waals surface area (Å²) >= 11 is 3.40. The molecule has 2 rings (SSSR count). The lowest BCUT2D eigenvalue weighted by Crippen LogP contribution is -2.07. The van der Waals surface area contributed by atoms with Crippen molar-refractivity contribution in [3.05, 3.63) is 40.4 Å². The number of aromatic nitrogens is 2. The predicted octanol–water partition coefficient (Wildman–Crippen LogP) is 4.12. The fourth-order valence-electron chi connectivity index (χ4n) is 1.90. The molecule has 0 atom stereocenters. The summed E-state index contributed by atoms with van der Waals surface area (Å²) in [6.45, 7) is 4.83. The Kier molecular flexibility index (Phi) is 4.89. The molecule has 2 aromatic rings. The number of hydrogen-bond donors (Lipinski definition) is 2. The van der Waals surface area contributed by atoms with Crippen LogP contribution in [0, 0.1) is 5.82 Å². The molecule has 1 heterocycles. The Labute approximate surface area is 126 Å². The molecule has 0 radical (unpaired) electrons. The molecule has 0 aliphatic carbocycles. The lowest BCUT2D eigenvalue weighted by Gasteiger charge is -2.14. The molecule has 1 aromatic heterocycles. The van der Waals surface area contributed by atoms with Crippen LogP contribution in [0.4, 0.5) is 21.7 Å². The number of rotatable bonds is 5. The van der Waals surface area contributed by atoms with Gasteiger partial charge in [0, 0.05) is 16.6 Å². The molecule has 6 heteroatoms. The SMILES string of the molecule is CCNc1ncnc(Nc2cc(F)ccc2Br)c1CC. The molecule has 0 aliphatic heterocycles. The van der Waals surface area contributed by atoms with Crippen LogP contribution in [0.3, 0.4) is 0 Å². The number of anilines is 3. The number of hydrogen-bond acceptors (Lipinski definition) is 4. The minimum absolute atomic E-state index is 0.297. The number of halogens is 2. The van der Waals surface area contributed by atoms with Gasteiger partial charge in [-0.15, -0.1) is 0 Å². The van der Waals surface area contributed by atoms with Crippen LogP contribution in [-0.2, 0) is 6.42 Å². The Balaban J connectivity index is 2.37. The number of benzene rings is 1. The van der Waals surface area contributed by atoms with Gasteiger partial charge >= 0.3 is 0 Å². The molecule has 0 amide bonds. The van der Waals surface area contributed by atoms with E-state index in [9.17, 15) is 4.39 Å². The molecule has 0 saturated carbocycles. The second-order valence-electron chi connectivity index (χ2n) is 4.18. The van der Waals surface area contributed by atoms with Crippen LogP contribution in [0.15, 0.2) is 29.0 Å². The van der Waals surface area contributed by atoms with Gasteiger partial charge < -0.3 is 10.6 Å². The zero-order chi connectivity index (χ0) is 14.5. The lowest BCUT2D eigenvalue weighted by atomic mass is 10.2. The van der Waals surface area contributed by atoms with Crippen LogP contribution in [0.1, 0.15) is 19.4 Å². The zero-order valence-corrected chi connectivity index (χ0v) is 13.0. The van der Waals surface area contributed by atoms with Gasteiger partial charge in [-0.1, -0.05) is 6.92 Å². The van der Waals surface area contributed by atoms with Crippen LogP contribution < -0.4 is 10.6 Å². The van der Waals surface area contributed by atoms with Crippen LogP contribution in [-0.4, -0.2) is 16.5 Å². The van der Waals surface area contributed by atoms with Crippen molar-refractivity contribution in [1.29, 1.82) is 0 Å². The summed E-state index contributed by atoms with van der Waals surface area (Å²) in [7, 11) is 0. The Hall–Kier alpha value is -1.69. The number of nitrogens with zero attached hydrogens (tertiary/aromatic N) is 2. The average molecular weight is 339 g/mol. The highest BCUT2D eigenvalue weighted by molar-refractivity contribution is 9.10. The van der Waals surface area contributed by atoms with E-state index in [2.05, 4.69) is 36.5 Å². The van der Waals surface area contributed by atoms with E-state index in [1.54, 1.807) is 6.07 Å². The van der Waals surface area contributed by atoms with Crippen LogP contribution in [0.2, 0.25) is 0 Å². The monoisotopic (exact) mass is 338 g/mol. The van der Waals surface area contributed by atoms with Gasteiger partial charge in [-0.3, -0.25) is 0 Å². The number of nitrogens with one attached hydrogen (secondary N) is 2. The third-order valence-corrected chi connectivity index (χ3v) is 3.52. The van der Waals surface area contributed by atoms with E-state index in [0.717, 1.165) is 28.8 Å². The van der Waals surface area contributed by atoms with E-state index in [1.807, 2.05) is 13.8 Å². The maximum atomic E-state index is 13.3. The quantitative estimate of drug-likeness (QED) is 0.861. The second kappa shape index (κ2) is 6.65. The minimum Gasteiger partial charge on any atom is -0.370 e. The van der Waals surface area contributed by atoms with Crippen molar-refractivity contribution in [3.8, 4) is 0 Å². The average Bonchev–Trinajstić information content (AvgIpc) is 2.43. The lowest BCUT2D eigenvalue weighted by molar-refractivity contribution is 0.628. The molecule has 0 unspecified atom stereocenters. The summed E-state index contributed by atoms with van der Waals surface area (Å²) < 4.78 is 14.1. The summed E-state index contributed by atoms with van der Waals surface area (Å²) in [6.07, 6.45) is 2.27. The molecule has 0 fully saturated rings. The van der Waals surface area contributed by atoms with E-state index in [4.69, 9.17) is 0 Å².